The lowest BCUT2D eigenvalue weighted by atomic mass is 9.76. The van der Waals surface area contributed by atoms with E-state index in [1.165, 1.54) is 0 Å². The van der Waals surface area contributed by atoms with E-state index in [4.69, 9.17) is 0 Å². The van der Waals surface area contributed by atoms with Gasteiger partial charge in [0, 0.05) is 32.7 Å². The van der Waals surface area contributed by atoms with Crippen molar-refractivity contribution >= 4 is 12.1 Å². The van der Waals surface area contributed by atoms with Crippen LogP contribution in [-0.4, -0.2) is 71.6 Å². The van der Waals surface area contributed by atoms with Crippen LogP contribution in [0.5, 0.6) is 0 Å². The predicted molar refractivity (Wildman–Crippen MR) is 108 cm³/mol. The Morgan fingerprint density at radius 3 is 2.11 bits per heavy atom. The van der Waals surface area contributed by atoms with Gasteiger partial charge in [0.05, 0.1) is 17.0 Å². The summed E-state index contributed by atoms with van der Waals surface area (Å²) in [5.41, 5.74) is 0.380. The summed E-state index contributed by atoms with van der Waals surface area (Å²) >= 11 is 0. The van der Waals surface area contributed by atoms with Gasteiger partial charge in [-0.25, -0.2) is 4.79 Å². The Labute approximate surface area is 196 Å². The molecule has 2 fully saturated rings. The molecule has 13 heteroatoms. The van der Waals surface area contributed by atoms with Gasteiger partial charge >= 0.3 is 24.4 Å². The van der Waals surface area contributed by atoms with Gasteiger partial charge in [0.2, 0.25) is 0 Å². The van der Waals surface area contributed by atoms with E-state index in [-0.39, 0.29) is 32.7 Å². The molecule has 7 nitrogen and oxygen atoms in total. The number of alkyl halides is 6. The molecule has 1 saturated carbocycles. The number of ether oxygens (including phenoxy) is 1. The summed E-state index contributed by atoms with van der Waals surface area (Å²) in [6.07, 6.45) is -15.2. The number of hydrogen-bond donors (Lipinski definition) is 1. The number of hydrogen-bond acceptors (Lipinski definition) is 5. The quantitative estimate of drug-likeness (QED) is 0.601. The van der Waals surface area contributed by atoms with Crippen LogP contribution in [0.25, 0.3) is 0 Å². The monoisotopic (exact) mass is 507 g/mol. The highest BCUT2D eigenvalue weighted by Crippen LogP contribution is 2.43. The number of rotatable bonds is 5. The molecule has 1 heterocycles. The van der Waals surface area contributed by atoms with Crippen LogP contribution in [0.4, 0.5) is 31.1 Å². The van der Waals surface area contributed by atoms with Gasteiger partial charge in [-0.2, -0.15) is 31.6 Å². The van der Waals surface area contributed by atoms with Crippen LogP contribution in [0.2, 0.25) is 0 Å². The van der Waals surface area contributed by atoms with Gasteiger partial charge in [-0.3, -0.25) is 9.69 Å². The van der Waals surface area contributed by atoms with Crippen LogP contribution in [0.1, 0.15) is 42.4 Å². The molecule has 35 heavy (non-hydrogen) atoms. The second-order valence-corrected chi connectivity index (χ2v) is 8.69. The van der Waals surface area contributed by atoms with Crippen molar-refractivity contribution in [3.8, 4) is 6.07 Å². The molecule has 0 aromatic heterocycles. The lowest BCUT2D eigenvalue weighted by Gasteiger charge is -2.36. The first-order valence-corrected chi connectivity index (χ1v) is 10.9. The number of halogens is 6. The fourth-order valence-corrected chi connectivity index (χ4v) is 4.63. The normalized spacial score (nSPS) is 19.0. The minimum absolute atomic E-state index is 0.122. The molecule has 1 N–H and O–H groups in total. The van der Waals surface area contributed by atoms with E-state index in [2.05, 4.69) is 4.74 Å². The Kier molecular flexibility index (Phi) is 7.54. The molecule has 1 aromatic rings. The number of carboxylic acids is 1. The molecule has 1 saturated heterocycles. The van der Waals surface area contributed by atoms with Crippen molar-refractivity contribution in [1.29, 1.82) is 5.26 Å². The Morgan fingerprint density at radius 2 is 1.63 bits per heavy atom. The maximum atomic E-state index is 12.7. The van der Waals surface area contributed by atoms with Gasteiger partial charge in [-0.15, -0.1) is 0 Å². The van der Waals surface area contributed by atoms with Crippen molar-refractivity contribution in [2.45, 2.75) is 56.1 Å². The fourth-order valence-electron chi connectivity index (χ4n) is 4.63. The van der Waals surface area contributed by atoms with E-state index in [0.717, 1.165) is 17.7 Å². The summed E-state index contributed by atoms with van der Waals surface area (Å²) in [6.45, 7) is 0.148. The van der Waals surface area contributed by atoms with Crippen LogP contribution in [-0.2, 0) is 21.5 Å². The zero-order chi connectivity index (χ0) is 26.0. The second-order valence-electron chi connectivity index (χ2n) is 8.69. The summed E-state index contributed by atoms with van der Waals surface area (Å²) in [4.78, 5) is 26.8. The third-order valence-corrected chi connectivity index (χ3v) is 6.46. The first-order chi connectivity index (χ1) is 16.3. The molecule has 1 amide bonds. The van der Waals surface area contributed by atoms with Gasteiger partial charge in [0.1, 0.15) is 0 Å². The number of carbonyl (C=O) groups excluding carboxylic acids is 1. The van der Waals surface area contributed by atoms with Crippen LogP contribution < -0.4 is 0 Å². The standard InChI is InChI=1S/C22H23F6N3O4/c23-21(24,25)17(22(26,27)28)35-19(34)31-9-7-30(8-10-31)13-15-4-3-14(12-29)11-16(15)20(18(32)33)5-1-2-6-20/h3-4,11,17H,1-2,5-10,13H2,(H,32,33). The fraction of sp³-hybridized carbons (Fsp3) is 0.591. The molecule has 2 aliphatic rings. The van der Waals surface area contributed by atoms with Crippen molar-refractivity contribution in [3.05, 3.63) is 34.9 Å². The van der Waals surface area contributed by atoms with Crippen molar-refractivity contribution in [2.75, 3.05) is 26.2 Å². The topological polar surface area (TPSA) is 93.9 Å². The van der Waals surface area contributed by atoms with E-state index >= 15 is 0 Å². The zero-order valence-corrected chi connectivity index (χ0v) is 18.5. The first kappa shape index (κ1) is 26.6. The third kappa shape index (κ3) is 5.80. The third-order valence-electron chi connectivity index (χ3n) is 6.46. The Morgan fingerprint density at radius 1 is 1.06 bits per heavy atom. The molecule has 0 radical (unpaired) electrons. The minimum atomic E-state index is -5.79. The van der Waals surface area contributed by atoms with Gasteiger partial charge in [0.15, 0.2) is 0 Å². The van der Waals surface area contributed by atoms with Crippen LogP contribution in [0, 0.1) is 11.3 Å². The highest BCUT2D eigenvalue weighted by molar-refractivity contribution is 5.82. The average molecular weight is 507 g/mol. The van der Waals surface area contributed by atoms with Crippen molar-refractivity contribution in [1.82, 2.24) is 9.80 Å². The number of nitriles is 1. The Balaban J connectivity index is 1.70. The molecule has 192 valence electrons. The minimum Gasteiger partial charge on any atom is -0.481 e. The summed E-state index contributed by atoms with van der Waals surface area (Å²) in [5, 5.41) is 19.3. The lowest BCUT2D eigenvalue weighted by Crippen LogP contribution is -2.52. The van der Waals surface area contributed by atoms with E-state index < -0.39 is 35.9 Å². The molecule has 1 aliphatic heterocycles. The molecule has 3 rings (SSSR count). The van der Waals surface area contributed by atoms with Crippen molar-refractivity contribution in [3.63, 3.8) is 0 Å². The molecule has 0 unspecified atom stereocenters. The van der Waals surface area contributed by atoms with Gasteiger partial charge in [-0.05, 0) is 36.1 Å². The number of benzene rings is 1. The Bertz CT molecular complexity index is 976. The summed E-state index contributed by atoms with van der Waals surface area (Å²) < 4.78 is 79.8. The first-order valence-electron chi connectivity index (χ1n) is 10.9. The maximum absolute atomic E-state index is 12.7. The molecule has 1 aromatic carbocycles. The van der Waals surface area contributed by atoms with Crippen molar-refractivity contribution < 1.29 is 45.8 Å². The summed E-state index contributed by atoms with van der Waals surface area (Å²) in [6, 6.07) is 6.80. The molecular weight excluding hydrogens is 484 g/mol. The molecular formula is C22H23F6N3O4. The largest absolute Gasteiger partial charge is 0.481 e. The molecule has 1 aliphatic carbocycles. The SMILES string of the molecule is N#Cc1ccc(CN2CCN(C(=O)OC(C(F)(F)F)C(F)(F)F)CC2)c(C2(C(=O)O)CCCC2)c1. The lowest BCUT2D eigenvalue weighted by molar-refractivity contribution is -0.308. The molecule has 0 spiro atoms. The maximum Gasteiger partial charge on any atom is 0.434 e. The number of carbonyl (C=O) groups is 2. The highest BCUT2D eigenvalue weighted by Gasteiger charge is 2.60. The van der Waals surface area contributed by atoms with Crippen molar-refractivity contribution in [2.24, 2.45) is 0 Å². The predicted octanol–water partition coefficient (Wildman–Crippen LogP) is 4.20. The van der Waals surface area contributed by atoms with Crippen LogP contribution >= 0.6 is 0 Å². The smallest absolute Gasteiger partial charge is 0.434 e. The van der Waals surface area contributed by atoms with Crippen LogP contribution in [0.3, 0.4) is 0 Å². The average Bonchev–Trinajstić information content (AvgIpc) is 3.28. The summed E-state index contributed by atoms with van der Waals surface area (Å²) in [5.74, 6) is -0.984. The van der Waals surface area contributed by atoms with E-state index in [9.17, 15) is 46.3 Å². The van der Waals surface area contributed by atoms with E-state index in [1.54, 1.807) is 18.2 Å². The highest BCUT2D eigenvalue weighted by atomic mass is 19.4. The molecule has 0 bridgehead atoms. The number of aliphatic carboxylic acids is 1. The number of amides is 1. The van der Waals surface area contributed by atoms with Gasteiger partial charge in [-0.1, -0.05) is 18.9 Å². The zero-order valence-electron chi connectivity index (χ0n) is 18.5. The Hall–Kier alpha value is -3.01. The van der Waals surface area contributed by atoms with Gasteiger partial charge in [0.25, 0.3) is 6.10 Å². The number of piperazine rings is 1. The van der Waals surface area contributed by atoms with Gasteiger partial charge < -0.3 is 14.7 Å². The number of nitrogens with zero attached hydrogens (tertiary/aromatic N) is 3. The van der Waals surface area contributed by atoms with E-state index in [1.807, 2.05) is 11.0 Å². The molecule has 0 atom stereocenters. The summed E-state index contributed by atoms with van der Waals surface area (Å²) in [7, 11) is 0. The number of carboxylic acid groups (broad SMARTS) is 1. The van der Waals surface area contributed by atoms with E-state index in [0.29, 0.717) is 29.5 Å². The van der Waals surface area contributed by atoms with Crippen LogP contribution in [0.15, 0.2) is 18.2 Å². The second kappa shape index (κ2) is 9.93.